The van der Waals surface area contributed by atoms with E-state index in [4.69, 9.17) is 9.22 Å². The molecule has 1 N–H and O–H groups in total. The van der Waals surface area contributed by atoms with Crippen molar-refractivity contribution in [3.8, 4) is 0 Å². The lowest BCUT2D eigenvalue weighted by Crippen LogP contribution is -2.27. The molecule has 8 heavy (non-hydrogen) atoms. The van der Waals surface area contributed by atoms with Gasteiger partial charge in [-0.3, -0.25) is 4.79 Å². The molecule has 0 radical (unpaired) electrons. The number of aliphatic hydroxyl groups excluding tert-OH is 1. The first kappa shape index (κ1) is 2.82. The summed E-state index contributed by atoms with van der Waals surface area (Å²) >= 11 is 0. The molecule has 0 spiro atoms. The fourth-order valence-corrected chi connectivity index (χ4v) is 0.668. The summed E-state index contributed by atoms with van der Waals surface area (Å²) in [7, 11) is 0. The van der Waals surface area contributed by atoms with E-state index >= 15 is 0 Å². The predicted molar refractivity (Wildman–Crippen MR) is 28.0 cm³/mol. The molecule has 0 bridgehead atoms. The Morgan fingerprint density at radius 2 is 2.88 bits per heavy atom. The first-order valence-electron chi connectivity index (χ1n) is 3.93. The summed E-state index contributed by atoms with van der Waals surface area (Å²) in [5.74, 6) is -0.502. The van der Waals surface area contributed by atoms with Crippen molar-refractivity contribution in [2.45, 2.75) is 19.1 Å². The third-order valence-corrected chi connectivity index (χ3v) is 1.18. The molecule has 0 aromatic carbocycles. The number of carbonyl (C=O) groups excluding carboxylic acids is 1. The summed E-state index contributed by atoms with van der Waals surface area (Å²) in [5.41, 5.74) is 0. The van der Waals surface area contributed by atoms with E-state index < -0.39 is 19.1 Å². The lowest BCUT2D eigenvalue weighted by Gasteiger charge is -2.11. The van der Waals surface area contributed by atoms with Gasteiger partial charge in [-0.15, -0.1) is 0 Å². The Kier molecular flexibility index (Phi) is 0.615. The molecular formula is C5H9NO2. The van der Waals surface area contributed by atoms with Crippen LogP contribution < -0.4 is 0 Å². The molecule has 0 aliphatic carbocycles. The van der Waals surface area contributed by atoms with Crippen molar-refractivity contribution in [2.24, 2.45) is 0 Å². The molecule has 3 heteroatoms. The van der Waals surface area contributed by atoms with Gasteiger partial charge in [0.05, 0.1) is 0 Å². The zero-order valence-electron chi connectivity index (χ0n) is 7.29. The first-order chi connectivity index (χ1) is 4.93. The van der Waals surface area contributed by atoms with Crippen LogP contribution in [0.15, 0.2) is 0 Å². The molecule has 1 saturated heterocycles. The number of likely N-dealkylation sites (tertiary alicyclic amines) is 1. The van der Waals surface area contributed by atoms with E-state index in [1.807, 2.05) is 0 Å². The molecule has 0 aromatic heterocycles. The average molecular weight is 118 g/mol. The molecule has 0 saturated carbocycles. The van der Waals surface area contributed by atoms with Crippen LogP contribution in [0.3, 0.4) is 0 Å². The van der Waals surface area contributed by atoms with Gasteiger partial charge < -0.3 is 10.0 Å². The molecular weight excluding hydrogens is 106 g/mol. The number of hydrogen-bond acceptors (Lipinski definition) is 2. The van der Waals surface area contributed by atoms with E-state index in [0.29, 0.717) is 4.90 Å². The third kappa shape index (κ3) is 0.690. The van der Waals surface area contributed by atoms with Gasteiger partial charge in [-0.25, -0.2) is 0 Å². The van der Waals surface area contributed by atoms with Gasteiger partial charge in [-0.1, -0.05) is 0 Å². The molecule has 46 valence electrons. The molecule has 1 aliphatic heterocycles. The van der Waals surface area contributed by atoms with Crippen molar-refractivity contribution < 1.29 is 14.0 Å². The van der Waals surface area contributed by atoms with Gasteiger partial charge in [-0.05, 0) is 0 Å². The number of nitrogens with zero attached hydrogens (tertiary/aromatic N) is 1. The molecule has 1 rings (SSSR count). The number of amides is 1. The molecule has 0 aromatic rings. The van der Waals surface area contributed by atoms with Crippen LogP contribution in [-0.2, 0) is 4.79 Å². The van der Waals surface area contributed by atoms with Gasteiger partial charge >= 0.3 is 0 Å². The quantitative estimate of drug-likeness (QED) is 0.468. The number of hydrogen-bond donors (Lipinski definition) is 1. The number of rotatable bonds is 0. The minimum atomic E-state index is -2.49. The van der Waals surface area contributed by atoms with Gasteiger partial charge in [0.25, 0.3) is 0 Å². The van der Waals surface area contributed by atoms with Crippen molar-refractivity contribution in [1.29, 1.82) is 0 Å². The molecule has 1 aliphatic rings. The van der Waals surface area contributed by atoms with Gasteiger partial charge in [0, 0.05) is 23.9 Å². The van der Waals surface area contributed by atoms with Crippen molar-refractivity contribution in [1.82, 2.24) is 4.90 Å². The maximum absolute atomic E-state index is 10.8. The fraction of sp³-hybridized carbons (Fsp3) is 0.800. The SMILES string of the molecule is [2H]C([2H])([2H])N1C(=O)CCC1O. The minimum absolute atomic E-state index is 0.125. The van der Waals surface area contributed by atoms with Crippen LogP contribution in [-0.4, -0.2) is 29.1 Å². The molecule has 1 atom stereocenters. The topological polar surface area (TPSA) is 40.5 Å². The van der Waals surface area contributed by atoms with E-state index in [1.54, 1.807) is 0 Å². The van der Waals surface area contributed by atoms with Crippen LogP contribution in [0.1, 0.15) is 17.0 Å². The summed E-state index contributed by atoms with van der Waals surface area (Å²) in [6.45, 7) is -2.49. The predicted octanol–water partition coefficient (Wildman–Crippen LogP) is -0.443. The van der Waals surface area contributed by atoms with E-state index in [0.717, 1.165) is 0 Å². The number of aliphatic hydroxyl groups is 1. The standard InChI is InChI=1S/C5H9NO2/c1-6-4(7)2-3-5(6)8/h4,7H,2-3H2,1H3/i1D3. The van der Waals surface area contributed by atoms with Crippen LogP contribution in [0.25, 0.3) is 0 Å². The maximum atomic E-state index is 10.8. The fourth-order valence-electron chi connectivity index (χ4n) is 0.668. The Balaban J connectivity index is 2.77. The Labute approximate surface area is 52.1 Å². The highest BCUT2D eigenvalue weighted by atomic mass is 16.3. The van der Waals surface area contributed by atoms with Crippen molar-refractivity contribution in [3.63, 3.8) is 0 Å². The summed E-state index contributed by atoms with van der Waals surface area (Å²) < 4.78 is 20.6. The van der Waals surface area contributed by atoms with E-state index in [9.17, 15) is 4.79 Å². The zero-order valence-corrected chi connectivity index (χ0v) is 4.29. The van der Waals surface area contributed by atoms with E-state index in [-0.39, 0.29) is 12.8 Å². The highest BCUT2D eigenvalue weighted by Crippen LogP contribution is 2.12. The lowest BCUT2D eigenvalue weighted by molar-refractivity contribution is -0.131. The summed E-state index contributed by atoms with van der Waals surface area (Å²) in [6.07, 6.45) is -0.786. The largest absolute Gasteiger partial charge is 0.374 e. The molecule has 1 fully saturated rings. The van der Waals surface area contributed by atoms with Crippen LogP contribution in [0.5, 0.6) is 0 Å². The molecule has 1 heterocycles. The Bertz CT molecular complexity index is 179. The normalized spacial score (nSPS) is 36.6. The van der Waals surface area contributed by atoms with Crippen molar-refractivity contribution in [3.05, 3.63) is 0 Å². The van der Waals surface area contributed by atoms with Gasteiger partial charge in [0.1, 0.15) is 6.23 Å². The summed E-state index contributed by atoms with van der Waals surface area (Å²) in [4.78, 5) is 11.4. The number of carbonyl (C=O) groups is 1. The zero-order chi connectivity index (χ0) is 8.65. The molecule has 1 unspecified atom stereocenters. The summed E-state index contributed by atoms with van der Waals surface area (Å²) in [6, 6.07) is 0. The second-order valence-corrected chi connectivity index (χ2v) is 1.78. The minimum Gasteiger partial charge on any atom is -0.374 e. The van der Waals surface area contributed by atoms with Crippen LogP contribution >= 0.6 is 0 Å². The summed E-state index contributed by atoms with van der Waals surface area (Å²) in [5, 5.41) is 9.04. The van der Waals surface area contributed by atoms with Crippen molar-refractivity contribution in [2.75, 3.05) is 6.98 Å². The van der Waals surface area contributed by atoms with Crippen molar-refractivity contribution >= 4 is 5.91 Å². The maximum Gasteiger partial charge on any atom is 0.224 e. The van der Waals surface area contributed by atoms with E-state index in [1.165, 1.54) is 0 Å². The highest BCUT2D eigenvalue weighted by molar-refractivity contribution is 5.77. The second-order valence-electron chi connectivity index (χ2n) is 1.78. The van der Waals surface area contributed by atoms with Gasteiger partial charge in [-0.2, -0.15) is 0 Å². The Hall–Kier alpha value is -0.570. The van der Waals surface area contributed by atoms with Gasteiger partial charge in [0.2, 0.25) is 5.91 Å². The molecule has 3 nitrogen and oxygen atoms in total. The molecule has 1 amide bonds. The Morgan fingerprint density at radius 3 is 3.12 bits per heavy atom. The van der Waals surface area contributed by atoms with Crippen LogP contribution in [0.4, 0.5) is 0 Å². The van der Waals surface area contributed by atoms with Gasteiger partial charge in [0.15, 0.2) is 0 Å². The smallest absolute Gasteiger partial charge is 0.224 e. The van der Waals surface area contributed by atoms with Crippen LogP contribution in [0.2, 0.25) is 0 Å². The second kappa shape index (κ2) is 1.74. The van der Waals surface area contributed by atoms with E-state index in [2.05, 4.69) is 0 Å². The van der Waals surface area contributed by atoms with Crippen LogP contribution in [0, 0.1) is 0 Å². The lowest BCUT2D eigenvalue weighted by atomic mass is 10.4. The Morgan fingerprint density at radius 1 is 2.12 bits per heavy atom. The monoisotopic (exact) mass is 118 g/mol. The third-order valence-electron chi connectivity index (χ3n) is 1.18. The first-order valence-corrected chi connectivity index (χ1v) is 2.43. The average Bonchev–Trinajstić information content (AvgIpc) is 2.08. The highest BCUT2D eigenvalue weighted by Gasteiger charge is 2.24.